The summed E-state index contributed by atoms with van der Waals surface area (Å²) < 4.78 is 11.1. The number of hydrogen-bond acceptors (Lipinski definition) is 6. The number of amides is 1. The van der Waals surface area contributed by atoms with Crippen molar-refractivity contribution in [3.05, 3.63) is 82.9 Å². The number of non-ortho nitro benzene ring substituents is 1. The highest BCUT2D eigenvalue weighted by Crippen LogP contribution is 2.26. The second-order valence-electron chi connectivity index (χ2n) is 6.16. The Hall–Kier alpha value is -4.20. The molecule has 29 heavy (non-hydrogen) atoms. The van der Waals surface area contributed by atoms with Crippen LogP contribution in [0.2, 0.25) is 0 Å². The monoisotopic (exact) mass is 389 g/mol. The summed E-state index contributed by atoms with van der Waals surface area (Å²) in [5.41, 5.74) is 2.71. The molecule has 0 fully saturated rings. The molecular weight excluding hydrogens is 374 g/mol. The number of nitro groups is 1. The lowest BCUT2D eigenvalue weighted by Gasteiger charge is -2.08. The van der Waals surface area contributed by atoms with Gasteiger partial charge in [-0.3, -0.25) is 14.9 Å². The smallest absolute Gasteiger partial charge is 0.269 e. The van der Waals surface area contributed by atoms with Gasteiger partial charge in [0.15, 0.2) is 12.2 Å². The average Bonchev–Trinajstić information content (AvgIpc) is 3.17. The predicted octanol–water partition coefficient (Wildman–Crippen LogP) is 4.42. The number of oxazole rings is 1. The number of ether oxygens (including phenoxy) is 1. The van der Waals surface area contributed by atoms with Gasteiger partial charge in [0.1, 0.15) is 11.3 Å². The molecule has 1 N–H and O–H groups in total. The number of nitrogens with zero attached hydrogens (tertiary/aromatic N) is 2. The van der Waals surface area contributed by atoms with E-state index in [1.807, 2.05) is 30.3 Å². The molecule has 0 radical (unpaired) electrons. The molecule has 0 spiro atoms. The van der Waals surface area contributed by atoms with Gasteiger partial charge in [-0.1, -0.05) is 18.2 Å². The van der Waals surface area contributed by atoms with Crippen LogP contribution in [0.15, 0.2) is 77.2 Å². The molecule has 144 valence electrons. The quantitative estimate of drug-likeness (QED) is 0.386. The lowest BCUT2D eigenvalue weighted by Crippen LogP contribution is -2.20. The summed E-state index contributed by atoms with van der Waals surface area (Å²) in [6.45, 7) is -0.231. The fraction of sp³-hybridized carbons (Fsp3) is 0.0476. The first-order chi connectivity index (χ1) is 14.1. The molecule has 1 aromatic heterocycles. The highest BCUT2D eigenvalue weighted by Gasteiger charge is 2.10. The zero-order valence-electron chi connectivity index (χ0n) is 15.1. The van der Waals surface area contributed by atoms with Gasteiger partial charge in [-0.2, -0.15) is 0 Å². The van der Waals surface area contributed by atoms with E-state index in [1.54, 1.807) is 18.2 Å². The van der Waals surface area contributed by atoms with Gasteiger partial charge in [0.25, 0.3) is 11.6 Å². The summed E-state index contributed by atoms with van der Waals surface area (Å²) in [5, 5.41) is 13.4. The van der Waals surface area contributed by atoms with Crippen molar-refractivity contribution in [2.45, 2.75) is 0 Å². The third-order valence-electron chi connectivity index (χ3n) is 4.10. The van der Waals surface area contributed by atoms with Gasteiger partial charge in [0.2, 0.25) is 5.89 Å². The van der Waals surface area contributed by atoms with Crippen molar-refractivity contribution in [1.29, 1.82) is 0 Å². The number of anilines is 1. The number of benzene rings is 3. The van der Waals surface area contributed by atoms with Gasteiger partial charge in [-0.15, -0.1) is 0 Å². The Balaban J connectivity index is 1.40. The Labute approximate surface area is 164 Å². The van der Waals surface area contributed by atoms with E-state index in [9.17, 15) is 14.9 Å². The SMILES string of the molecule is O=C(COc1ccc([N+](=O)[O-])cc1)Nc1cccc(-c2nc3ccccc3o2)c1. The molecule has 0 atom stereocenters. The van der Waals surface area contributed by atoms with Crippen LogP contribution in [0, 0.1) is 10.1 Å². The molecule has 8 heteroatoms. The Morgan fingerprint density at radius 1 is 1.07 bits per heavy atom. The molecule has 1 heterocycles. The number of carbonyl (C=O) groups is 1. The number of para-hydroxylation sites is 2. The number of hydrogen-bond donors (Lipinski definition) is 1. The third-order valence-corrected chi connectivity index (χ3v) is 4.10. The number of aromatic nitrogens is 1. The molecular formula is C21H15N3O5. The molecule has 1 amide bonds. The van der Waals surface area contributed by atoms with Gasteiger partial charge in [0, 0.05) is 23.4 Å². The number of nitrogens with one attached hydrogen (secondary N) is 1. The van der Waals surface area contributed by atoms with E-state index in [0.717, 1.165) is 11.1 Å². The van der Waals surface area contributed by atoms with E-state index in [0.29, 0.717) is 22.9 Å². The molecule has 4 aromatic rings. The lowest BCUT2D eigenvalue weighted by atomic mass is 10.2. The first-order valence-corrected chi connectivity index (χ1v) is 8.71. The number of carbonyl (C=O) groups excluding carboxylic acids is 1. The van der Waals surface area contributed by atoms with Gasteiger partial charge in [-0.25, -0.2) is 4.98 Å². The van der Waals surface area contributed by atoms with Crippen LogP contribution in [0.1, 0.15) is 0 Å². The Morgan fingerprint density at radius 3 is 2.62 bits per heavy atom. The summed E-state index contributed by atoms with van der Waals surface area (Å²) >= 11 is 0. The van der Waals surface area contributed by atoms with Gasteiger partial charge in [-0.05, 0) is 42.5 Å². The van der Waals surface area contributed by atoms with Crippen molar-refractivity contribution in [1.82, 2.24) is 4.98 Å². The normalized spacial score (nSPS) is 10.6. The molecule has 0 unspecified atom stereocenters. The largest absolute Gasteiger partial charge is 0.484 e. The Bertz CT molecular complexity index is 1150. The Morgan fingerprint density at radius 2 is 1.86 bits per heavy atom. The summed E-state index contributed by atoms with van der Waals surface area (Å²) in [7, 11) is 0. The van der Waals surface area contributed by atoms with Crippen LogP contribution in [0.5, 0.6) is 5.75 Å². The van der Waals surface area contributed by atoms with Crippen LogP contribution in [0.25, 0.3) is 22.6 Å². The molecule has 3 aromatic carbocycles. The van der Waals surface area contributed by atoms with Crippen molar-refractivity contribution in [3.8, 4) is 17.2 Å². The van der Waals surface area contributed by atoms with Crippen molar-refractivity contribution in [2.24, 2.45) is 0 Å². The topological polar surface area (TPSA) is 108 Å². The van der Waals surface area contributed by atoms with Crippen LogP contribution in [0.4, 0.5) is 11.4 Å². The zero-order chi connectivity index (χ0) is 20.2. The van der Waals surface area contributed by atoms with E-state index < -0.39 is 4.92 Å². The molecule has 0 aliphatic heterocycles. The van der Waals surface area contributed by atoms with Crippen LogP contribution >= 0.6 is 0 Å². The van der Waals surface area contributed by atoms with Crippen LogP contribution in [-0.4, -0.2) is 22.4 Å². The van der Waals surface area contributed by atoms with E-state index >= 15 is 0 Å². The number of nitro benzene ring substituents is 1. The minimum absolute atomic E-state index is 0.0437. The van der Waals surface area contributed by atoms with E-state index in [2.05, 4.69) is 10.3 Å². The van der Waals surface area contributed by atoms with Crippen molar-refractivity contribution in [3.63, 3.8) is 0 Å². The summed E-state index contributed by atoms with van der Waals surface area (Å²) in [5.74, 6) is 0.466. The van der Waals surface area contributed by atoms with Gasteiger partial charge >= 0.3 is 0 Å². The molecule has 0 bridgehead atoms. The second kappa shape index (κ2) is 7.81. The summed E-state index contributed by atoms with van der Waals surface area (Å²) in [6, 6.07) is 20.1. The number of rotatable bonds is 6. The molecule has 4 rings (SSSR count). The minimum Gasteiger partial charge on any atom is -0.484 e. The van der Waals surface area contributed by atoms with E-state index in [-0.39, 0.29) is 18.2 Å². The van der Waals surface area contributed by atoms with Crippen LogP contribution < -0.4 is 10.1 Å². The lowest BCUT2D eigenvalue weighted by molar-refractivity contribution is -0.384. The molecule has 8 nitrogen and oxygen atoms in total. The molecule has 0 saturated carbocycles. The number of fused-ring (bicyclic) bond motifs is 1. The summed E-state index contributed by atoms with van der Waals surface area (Å²) in [4.78, 5) is 26.8. The maximum absolute atomic E-state index is 12.2. The first kappa shape index (κ1) is 18.2. The fourth-order valence-corrected chi connectivity index (χ4v) is 2.74. The van der Waals surface area contributed by atoms with Crippen LogP contribution in [0.3, 0.4) is 0 Å². The molecule has 0 saturated heterocycles. The van der Waals surface area contributed by atoms with Crippen molar-refractivity contribution in [2.75, 3.05) is 11.9 Å². The van der Waals surface area contributed by atoms with Gasteiger partial charge < -0.3 is 14.5 Å². The summed E-state index contributed by atoms with van der Waals surface area (Å²) in [6.07, 6.45) is 0. The third kappa shape index (κ3) is 4.22. The standard InChI is InChI=1S/C21H15N3O5/c25-20(13-28-17-10-8-16(9-11-17)24(26)27)22-15-5-3-4-14(12-15)21-23-18-6-1-2-7-19(18)29-21/h1-12H,13H2,(H,22,25). The van der Waals surface area contributed by atoms with Crippen LogP contribution in [-0.2, 0) is 4.79 Å². The fourth-order valence-electron chi connectivity index (χ4n) is 2.74. The highest BCUT2D eigenvalue weighted by molar-refractivity contribution is 5.92. The van der Waals surface area contributed by atoms with Crippen molar-refractivity contribution >= 4 is 28.4 Å². The van der Waals surface area contributed by atoms with E-state index in [1.165, 1.54) is 24.3 Å². The highest BCUT2D eigenvalue weighted by atomic mass is 16.6. The van der Waals surface area contributed by atoms with Crippen molar-refractivity contribution < 1.29 is 18.9 Å². The van der Waals surface area contributed by atoms with E-state index in [4.69, 9.17) is 9.15 Å². The predicted molar refractivity (Wildman–Crippen MR) is 107 cm³/mol. The minimum atomic E-state index is -0.500. The maximum Gasteiger partial charge on any atom is 0.269 e. The second-order valence-corrected chi connectivity index (χ2v) is 6.16. The zero-order valence-corrected chi connectivity index (χ0v) is 15.1. The maximum atomic E-state index is 12.2. The average molecular weight is 389 g/mol. The first-order valence-electron chi connectivity index (χ1n) is 8.71. The Kier molecular flexibility index (Phi) is 4.90. The van der Waals surface area contributed by atoms with Gasteiger partial charge in [0.05, 0.1) is 4.92 Å². The molecule has 0 aliphatic rings. The molecule has 0 aliphatic carbocycles.